The normalized spacial score (nSPS) is 21.9. The van der Waals surface area contributed by atoms with Crippen LogP contribution in [0.4, 0.5) is 0 Å². The van der Waals surface area contributed by atoms with Crippen LogP contribution in [0.5, 0.6) is 0 Å². The number of rotatable bonds is 2. The highest BCUT2D eigenvalue weighted by molar-refractivity contribution is 7.10. The summed E-state index contributed by atoms with van der Waals surface area (Å²) in [6.45, 7) is 5.93. The van der Waals surface area contributed by atoms with Crippen molar-refractivity contribution in [3.63, 3.8) is 0 Å². The topological polar surface area (TPSA) is 15.3 Å². The first kappa shape index (κ1) is 9.82. The summed E-state index contributed by atoms with van der Waals surface area (Å²) >= 11 is 1.98. The van der Waals surface area contributed by atoms with Crippen LogP contribution >= 0.6 is 11.3 Å². The fraction of sp³-hybridized carbons (Fsp3) is 0.667. The molecule has 0 spiro atoms. The molecule has 1 saturated heterocycles. The number of nitrogens with one attached hydrogen (secondary N) is 1. The second-order valence-corrected chi connectivity index (χ2v) is 5.51. The molecular formula is C12H18N2S. The van der Waals surface area contributed by atoms with E-state index in [-0.39, 0.29) is 0 Å². The number of aryl methyl sites for hydroxylation is 1. The van der Waals surface area contributed by atoms with Crippen LogP contribution < -0.4 is 5.32 Å². The Morgan fingerprint density at radius 3 is 3.00 bits per heavy atom. The van der Waals surface area contributed by atoms with Crippen LogP contribution in [0, 0.1) is 0 Å². The molecule has 1 fully saturated rings. The van der Waals surface area contributed by atoms with E-state index in [0.29, 0.717) is 0 Å². The summed E-state index contributed by atoms with van der Waals surface area (Å²) < 4.78 is 0. The van der Waals surface area contributed by atoms with E-state index in [0.717, 1.165) is 13.1 Å². The molecule has 0 bridgehead atoms. The van der Waals surface area contributed by atoms with Crippen molar-refractivity contribution in [2.45, 2.75) is 25.8 Å². The van der Waals surface area contributed by atoms with Crippen LogP contribution in [-0.2, 0) is 19.4 Å². The Morgan fingerprint density at radius 1 is 1.27 bits per heavy atom. The van der Waals surface area contributed by atoms with Crippen molar-refractivity contribution < 1.29 is 0 Å². The van der Waals surface area contributed by atoms with E-state index in [1.54, 1.807) is 16.0 Å². The summed E-state index contributed by atoms with van der Waals surface area (Å²) in [5, 5.41) is 5.80. The first-order chi connectivity index (χ1) is 7.43. The lowest BCUT2D eigenvalue weighted by atomic mass is 10.1. The van der Waals surface area contributed by atoms with Crippen LogP contribution in [-0.4, -0.2) is 31.1 Å². The maximum Gasteiger partial charge on any atom is 0.0245 e. The van der Waals surface area contributed by atoms with E-state index < -0.39 is 0 Å². The Bertz CT molecular complexity index is 339. The van der Waals surface area contributed by atoms with Gasteiger partial charge < -0.3 is 5.32 Å². The molecule has 0 saturated carbocycles. The van der Waals surface area contributed by atoms with Gasteiger partial charge in [-0.2, -0.15) is 0 Å². The highest BCUT2D eigenvalue weighted by atomic mass is 32.1. The average Bonchev–Trinajstić information content (AvgIpc) is 2.85. The molecule has 1 aliphatic carbocycles. The number of piperazine rings is 1. The summed E-state index contributed by atoms with van der Waals surface area (Å²) in [6.07, 6.45) is 4.05. The molecule has 3 rings (SSSR count). The van der Waals surface area contributed by atoms with Gasteiger partial charge in [-0.15, -0.1) is 11.3 Å². The lowest BCUT2D eigenvalue weighted by Crippen LogP contribution is -2.42. The van der Waals surface area contributed by atoms with Gasteiger partial charge in [0, 0.05) is 37.6 Å². The van der Waals surface area contributed by atoms with Gasteiger partial charge in [0.15, 0.2) is 0 Å². The van der Waals surface area contributed by atoms with Crippen LogP contribution in [0.15, 0.2) is 5.38 Å². The van der Waals surface area contributed by atoms with Crippen LogP contribution in [0.3, 0.4) is 0 Å². The van der Waals surface area contributed by atoms with E-state index in [2.05, 4.69) is 15.6 Å². The number of thiophene rings is 1. The molecule has 3 heteroatoms. The molecule has 2 heterocycles. The van der Waals surface area contributed by atoms with Crippen molar-refractivity contribution in [3.8, 4) is 0 Å². The Labute approximate surface area is 95.3 Å². The lowest BCUT2D eigenvalue weighted by Gasteiger charge is -2.27. The van der Waals surface area contributed by atoms with Crippen molar-refractivity contribution in [2.75, 3.05) is 26.2 Å². The van der Waals surface area contributed by atoms with Gasteiger partial charge in [-0.1, -0.05) is 0 Å². The SMILES string of the molecule is c1sc2c(c1CN1CCNCC1)CCC2. The van der Waals surface area contributed by atoms with Crippen LogP contribution in [0.25, 0.3) is 0 Å². The molecule has 15 heavy (non-hydrogen) atoms. The number of fused-ring (bicyclic) bond motifs is 1. The van der Waals surface area contributed by atoms with Crippen LogP contribution in [0.2, 0.25) is 0 Å². The standard InChI is InChI=1S/C12H18N2S/c1-2-11-10(9-15-12(11)3-1)8-14-6-4-13-5-7-14/h9,13H,1-8H2. The first-order valence-electron chi connectivity index (χ1n) is 5.94. The Hall–Kier alpha value is -0.380. The molecule has 0 aromatic carbocycles. The molecule has 0 unspecified atom stereocenters. The predicted molar refractivity (Wildman–Crippen MR) is 64.5 cm³/mol. The van der Waals surface area contributed by atoms with Gasteiger partial charge in [-0.25, -0.2) is 0 Å². The van der Waals surface area contributed by atoms with Crippen LogP contribution in [0.1, 0.15) is 22.4 Å². The van der Waals surface area contributed by atoms with Gasteiger partial charge in [-0.3, -0.25) is 4.90 Å². The summed E-state index contributed by atoms with van der Waals surface area (Å²) in [6, 6.07) is 0. The van der Waals surface area contributed by atoms with Gasteiger partial charge in [0.05, 0.1) is 0 Å². The molecule has 2 nitrogen and oxygen atoms in total. The minimum absolute atomic E-state index is 1.16. The van der Waals surface area contributed by atoms with E-state index in [4.69, 9.17) is 0 Å². The average molecular weight is 222 g/mol. The highest BCUT2D eigenvalue weighted by Gasteiger charge is 2.19. The van der Waals surface area contributed by atoms with Crippen molar-refractivity contribution in [1.82, 2.24) is 10.2 Å². The van der Waals surface area contributed by atoms with E-state index in [1.165, 1.54) is 38.9 Å². The number of hydrogen-bond donors (Lipinski definition) is 1. The largest absolute Gasteiger partial charge is 0.314 e. The Balaban J connectivity index is 1.70. The third-order valence-corrected chi connectivity index (χ3v) is 4.64. The summed E-state index contributed by atoms with van der Waals surface area (Å²) in [5.41, 5.74) is 3.31. The third kappa shape index (κ3) is 1.96. The zero-order valence-corrected chi connectivity index (χ0v) is 9.91. The predicted octanol–water partition coefficient (Wildman–Crippen LogP) is 1.64. The van der Waals surface area contributed by atoms with Crippen molar-refractivity contribution >= 4 is 11.3 Å². The van der Waals surface area contributed by atoms with Crippen molar-refractivity contribution in [1.29, 1.82) is 0 Å². The van der Waals surface area contributed by atoms with Crippen molar-refractivity contribution in [2.24, 2.45) is 0 Å². The minimum Gasteiger partial charge on any atom is -0.314 e. The lowest BCUT2D eigenvalue weighted by molar-refractivity contribution is 0.233. The quantitative estimate of drug-likeness (QED) is 0.818. The van der Waals surface area contributed by atoms with Gasteiger partial charge in [0.1, 0.15) is 0 Å². The monoisotopic (exact) mass is 222 g/mol. The molecule has 1 aromatic heterocycles. The number of nitrogens with zero attached hydrogens (tertiary/aromatic N) is 1. The smallest absolute Gasteiger partial charge is 0.0245 e. The fourth-order valence-electron chi connectivity index (χ4n) is 2.64. The zero-order chi connectivity index (χ0) is 10.1. The summed E-state index contributed by atoms with van der Waals surface area (Å²) in [5.74, 6) is 0. The highest BCUT2D eigenvalue weighted by Crippen LogP contribution is 2.31. The summed E-state index contributed by atoms with van der Waals surface area (Å²) in [7, 11) is 0. The molecule has 82 valence electrons. The minimum atomic E-state index is 1.16. The second kappa shape index (κ2) is 4.24. The molecule has 0 atom stereocenters. The Morgan fingerprint density at radius 2 is 2.13 bits per heavy atom. The van der Waals surface area contributed by atoms with Gasteiger partial charge in [0.25, 0.3) is 0 Å². The molecule has 0 radical (unpaired) electrons. The number of hydrogen-bond acceptors (Lipinski definition) is 3. The summed E-state index contributed by atoms with van der Waals surface area (Å²) in [4.78, 5) is 4.25. The van der Waals surface area contributed by atoms with E-state index >= 15 is 0 Å². The second-order valence-electron chi connectivity index (χ2n) is 4.54. The van der Waals surface area contributed by atoms with Gasteiger partial charge in [-0.05, 0) is 35.8 Å². The molecule has 1 N–H and O–H groups in total. The molecular weight excluding hydrogens is 204 g/mol. The Kier molecular flexibility index (Phi) is 2.77. The van der Waals surface area contributed by atoms with Gasteiger partial charge >= 0.3 is 0 Å². The van der Waals surface area contributed by atoms with Gasteiger partial charge in [0.2, 0.25) is 0 Å². The molecule has 0 amide bonds. The maximum absolute atomic E-state index is 3.41. The van der Waals surface area contributed by atoms with Crippen molar-refractivity contribution in [3.05, 3.63) is 21.4 Å². The third-order valence-electron chi connectivity index (χ3n) is 3.50. The fourth-order valence-corrected chi connectivity index (χ4v) is 3.78. The molecule has 1 aromatic rings. The maximum atomic E-state index is 3.41. The van der Waals surface area contributed by atoms with E-state index in [9.17, 15) is 0 Å². The zero-order valence-electron chi connectivity index (χ0n) is 9.09. The molecule has 1 aliphatic heterocycles. The first-order valence-corrected chi connectivity index (χ1v) is 6.82. The van der Waals surface area contributed by atoms with E-state index in [1.807, 2.05) is 11.3 Å². The molecule has 2 aliphatic rings.